The third-order valence-corrected chi connectivity index (χ3v) is 5.31. The number of aromatic nitrogens is 2. The fourth-order valence-electron chi connectivity index (χ4n) is 3.59. The van der Waals surface area contributed by atoms with Crippen LogP contribution in [0.1, 0.15) is 41.5 Å². The standard InChI is InChI=1S/C22H25FN4O/c1-15(2)21-24-19-8-7-16(13-20(19)25-21)22(28)27-11-9-26(10-12-27)14-17-5-3-4-6-18(17)23/h3-8,13,15H,9-12,14H2,1-2H3,(H,24,25). The highest BCUT2D eigenvalue weighted by molar-refractivity contribution is 5.97. The number of H-pyrrole nitrogens is 1. The molecule has 1 aromatic heterocycles. The number of hydrogen-bond acceptors (Lipinski definition) is 3. The van der Waals surface area contributed by atoms with Gasteiger partial charge in [-0.05, 0) is 24.3 Å². The lowest BCUT2D eigenvalue weighted by molar-refractivity contribution is 0.0627. The van der Waals surface area contributed by atoms with E-state index in [0.29, 0.717) is 36.7 Å². The van der Waals surface area contributed by atoms with Gasteiger partial charge >= 0.3 is 0 Å². The molecule has 1 amide bonds. The molecule has 146 valence electrons. The van der Waals surface area contributed by atoms with Crippen molar-refractivity contribution < 1.29 is 9.18 Å². The molecule has 1 aliphatic rings. The molecule has 1 N–H and O–H groups in total. The van der Waals surface area contributed by atoms with Gasteiger partial charge in [0.25, 0.3) is 5.91 Å². The topological polar surface area (TPSA) is 52.2 Å². The molecule has 2 heterocycles. The Balaban J connectivity index is 1.41. The van der Waals surface area contributed by atoms with Crippen molar-refractivity contribution in [2.24, 2.45) is 0 Å². The van der Waals surface area contributed by atoms with Crippen LogP contribution in [-0.2, 0) is 6.54 Å². The lowest BCUT2D eigenvalue weighted by Gasteiger charge is -2.34. The number of piperazine rings is 1. The van der Waals surface area contributed by atoms with Gasteiger partial charge in [-0.1, -0.05) is 32.0 Å². The van der Waals surface area contributed by atoms with Crippen LogP contribution in [0.15, 0.2) is 42.5 Å². The molecular formula is C22H25FN4O. The van der Waals surface area contributed by atoms with E-state index in [1.165, 1.54) is 6.07 Å². The fraction of sp³-hybridized carbons (Fsp3) is 0.364. The highest BCUT2D eigenvalue weighted by Crippen LogP contribution is 2.20. The Labute approximate surface area is 164 Å². The minimum atomic E-state index is -0.172. The van der Waals surface area contributed by atoms with E-state index in [1.54, 1.807) is 6.07 Å². The second-order valence-electron chi connectivity index (χ2n) is 7.67. The molecule has 28 heavy (non-hydrogen) atoms. The molecule has 0 unspecified atom stereocenters. The number of rotatable bonds is 4. The molecule has 0 saturated carbocycles. The number of hydrogen-bond donors (Lipinski definition) is 1. The van der Waals surface area contributed by atoms with Crippen molar-refractivity contribution in [3.8, 4) is 0 Å². The lowest BCUT2D eigenvalue weighted by atomic mass is 10.1. The van der Waals surface area contributed by atoms with Gasteiger partial charge in [-0.2, -0.15) is 0 Å². The number of nitrogens with one attached hydrogen (secondary N) is 1. The largest absolute Gasteiger partial charge is 0.342 e. The summed E-state index contributed by atoms with van der Waals surface area (Å²) in [6.45, 7) is 7.52. The summed E-state index contributed by atoms with van der Waals surface area (Å²) in [6, 6.07) is 12.5. The van der Waals surface area contributed by atoms with Crippen molar-refractivity contribution in [2.45, 2.75) is 26.3 Å². The minimum absolute atomic E-state index is 0.0353. The highest BCUT2D eigenvalue weighted by atomic mass is 19.1. The molecule has 5 nitrogen and oxygen atoms in total. The van der Waals surface area contributed by atoms with Crippen molar-refractivity contribution in [3.63, 3.8) is 0 Å². The van der Waals surface area contributed by atoms with Gasteiger partial charge in [0.05, 0.1) is 11.0 Å². The smallest absolute Gasteiger partial charge is 0.254 e. The molecule has 0 bridgehead atoms. The summed E-state index contributed by atoms with van der Waals surface area (Å²) < 4.78 is 13.9. The summed E-state index contributed by atoms with van der Waals surface area (Å²) in [5.74, 6) is 1.11. The van der Waals surface area contributed by atoms with Crippen LogP contribution < -0.4 is 0 Å². The monoisotopic (exact) mass is 380 g/mol. The zero-order valence-electron chi connectivity index (χ0n) is 16.3. The maximum Gasteiger partial charge on any atom is 0.254 e. The number of fused-ring (bicyclic) bond motifs is 1. The van der Waals surface area contributed by atoms with E-state index in [0.717, 1.165) is 29.9 Å². The summed E-state index contributed by atoms with van der Waals surface area (Å²) in [5.41, 5.74) is 3.16. The maximum absolute atomic E-state index is 13.9. The minimum Gasteiger partial charge on any atom is -0.342 e. The third-order valence-electron chi connectivity index (χ3n) is 5.31. The summed E-state index contributed by atoms with van der Waals surface area (Å²) in [4.78, 5) is 24.9. The number of amides is 1. The van der Waals surface area contributed by atoms with Gasteiger partial charge in [0.2, 0.25) is 0 Å². The molecule has 3 aromatic rings. The van der Waals surface area contributed by atoms with Crippen LogP contribution in [0.4, 0.5) is 4.39 Å². The van der Waals surface area contributed by atoms with Crippen LogP contribution in [-0.4, -0.2) is 51.9 Å². The summed E-state index contributed by atoms with van der Waals surface area (Å²) in [5, 5.41) is 0. The van der Waals surface area contributed by atoms with E-state index in [9.17, 15) is 9.18 Å². The Morgan fingerprint density at radius 2 is 1.89 bits per heavy atom. The third kappa shape index (κ3) is 3.78. The van der Waals surface area contributed by atoms with Crippen molar-refractivity contribution >= 4 is 16.9 Å². The van der Waals surface area contributed by atoms with Crippen LogP contribution in [0.2, 0.25) is 0 Å². The van der Waals surface area contributed by atoms with Gasteiger partial charge in [0, 0.05) is 49.8 Å². The fourth-order valence-corrected chi connectivity index (χ4v) is 3.59. The predicted octanol–water partition coefficient (Wildman–Crippen LogP) is 3.78. The number of carbonyl (C=O) groups excluding carboxylic acids is 1. The van der Waals surface area contributed by atoms with Gasteiger partial charge in [-0.3, -0.25) is 9.69 Å². The van der Waals surface area contributed by atoms with Gasteiger partial charge in [-0.15, -0.1) is 0 Å². The second kappa shape index (κ2) is 7.72. The average molecular weight is 380 g/mol. The van der Waals surface area contributed by atoms with Gasteiger partial charge in [-0.25, -0.2) is 9.37 Å². The maximum atomic E-state index is 13.9. The Morgan fingerprint density at radius 1 is 1.14 bits per heavy atom. The number of halogens is 1. The van der Waals surface area contributed by atoms with Crippen molar-refractivity contribution in [3.05, 3.63) is 65.2 Å². The Bertz CT molecular complexity index is 989. The molecule has 2 aromatic carbocycles. The van der Waals surface area contributed by atoms with E-state index in [-0.39, 0.29) is 11.7 Å². The van der Waals surface area contributed by atoms with Crippen LogP contribution in [0.3, 0.4) is 0 Å². The first-order chi connectivity index (χ1) is 13.5. The Hall–Kier alpha value is -2.73. The quantitative estimate of drug-likeness (QED) is 0.749. The van der Waals surface area contributed by atoms with Crippen LogP contribution in [0.5, 0.6) is 0 Å². The molecule has 0 atom stereocenters. The molecule has 0 aliphatic carbocycles. The Morgan fingerprint density at radius 3 is 2.61 bits per heavy atom. The molecule has 0 spiro atoms. The van der Waals surface area contributed by atoms with E-state index >= 15 is 0 Å². The zero-order valence-corrected chi connectivity index (χ0v) is 16.3. The second-order valence-corrected chi connectivity index (χ2v) is 7.67. The first kappa shape index (κ1) is 18.6. The first-order valence-electron chi connectivity index (χ1n) is 9.76. The zero-order chi connectivity index (χ0) is 19.7. The van der Waals surface area contributed by atoms with E-state index < -0.39 is 0 Å². The number of imidazole rings is 1. The lowest BCUT2D eigenvalue weighted by Crippen LogP contribution is -2.48. The van der Waals surface area contributed by atoms with Crippen molar-refractivity contribution in [1.29, 1.82) is 0 Å². The SMILES string of the molecule is CC(C)c1nc2ccc(C(=O)N3CCN(Cc4ccccc4F)CC3)cc2[nH]1. The highest BCUT2D eigenvalue weighted by Gasteiger charge is 2.23. The normalized spacial score (nSPS) is 15.5. The number of benzene rings is 2. The molecule has 4 rings (SSSR count). The van der Waals surface area contributed by atoms with Crippen LogP contribution >= 0.6 is 0 Å². The first-order valence-corrected chi connectivity index (χ1v) is 9.76. The van der Waals surface area contributed by atoms with Gasteiger partial charge < -0.3 is 9.88 Å². The molecule has 6 heteroatoms. The van der Waals surface area contributed by atoms with E-state index in [4.69, 9.17) is 0 Å². The molecule has 1 fully saturated rings. The summed E-state index contributed by atoms with van der Waals surface area (Å²) >= 11 is 0. The van der Waals surface area contributed by atoms with Crippen LogP contribution in [0, 0.1) is 5.82 Å². The van der Waals surface area contributed by atoms with Crippen molar-refractivity contribution in [1.82, 2.24) is 19.8 Å². The molecule has 1 saturated heterocycles. The average Bonchev–Trinajstić information content (AvgIpc) is 3.13. The van der Waals surface area contributed by atoms with Gasteiger partial charge in [0.1, 0.15) is 11.6 Å². The number of nitrogens with zero attached hydrogens (tertiary/aromatic N) is 3. The number of aromatic amines is 1. The molecule has 0 radical (unpaired) electrons. The summed E-state index contributed by atoms with van der Waals surface area (Å²) in [6.07, 6.45) is 0. The van der Waals surface area contributed by atoms with Crippen molar-refractivity contribution in [2.75, 3.05) is 26.2 Å². The van der Waals surface area contributed by atoms with E-state index in [1.807, 2.05) is 35.2 Å². The molecular weight excluding hydrogens is 355 g/mol. The molecule has 1 aliphatic heterocycles. The van der Waals surface area contributed by atoms with Gasteiger partial charge in [0.15, 0.2) is 0 Å². The predicted molar refractivity (Wildman–Crippen MR) is 108 cm³/mol. The number of carbonyl (C=O) groups is 1. The Kier molecular flexibility index (Phi) is 5.13. The summed E-state index contributed by atoms with van der Waals surface area (Å²) in [7, 11) is 0. The van der Waals surface area contributed by atoms with E-state index in [2.05, 4.69) is 28.7 Å². The van der Waals surface area contributed by atoms with Crippen LogP contribution in [0.25, 0.3) is 11.0 Å².